The lowest BCUT2D eigenvalue weighted by Gasteiger charge is -2.15. The standard InChI is InChI=1S/C18H20O3/c1-3-13-21-16-11-9-14(10-12-16)17(19)18(20-2)15-7-5-4-6-8-15/h4-12,18H,3,13H2,1-2H3. The van der Waals surface area contributed by atoms with Crippen molar-refractivity contribution in [2.75, 3.05) is 13.7 Å². The van der Waals surface area contributed by atoms with Crippen LogP contribution in [0.1, 0.15) is 35.4 Å². The predicted octanol–water partition coefficient (Wildman–Crippen LogP) is 4.05. The zero-order valence-electron chi connectivity index (χ0n) is 12.4. The molecule has 1 atom stereocenters. The molecule has 0 saturated heterocycles. The van der Waals surface area contributed by atoms with Crippen LogP contribution in [0.3, 0.4) is 0 Å². The number of Topliss-reactive ketones (excluding diaryl/α,β-unsaturated/α-hetero) is 1. The Balaban J connectivity index is 2.14. The van der Waals surface area contributed by atoms with Crippen LogP contribution in [0.5, 0.6) is 5.75 Å². The summed E-state index contributed by atoms with van der Waals surface area (Å²) in [5.74, 6) is 0.729. The van der Waals surface area contributed by atoms with Gasteiger partial charge in [0.15, 0.2) is 5.78 Å². The Bertz CT molecular complexity index is 561. The molecule has 0 spiro atoms. The van der Waals surface area contributed by atoms with Gasteiger partial charge in [-0.05, 0) is 36.2 Å². The van der Waals surface area contributed by atoms with Crippen molar-refractivity contribution >= 4 is 5.78 Å². The van der Waals surface area contributed by atoms with Crippen LogP contribution < -0.4 is 4.74 Å². The zero-order valence-corrected chi connectivity index (χ0v) is 12.4. The molecule has 0 saturated carbocycles. The summed E-state index contributed by atoms with van der Waals surface area (Å²) in [4.78, 5) is 12.5. The van der Waals surface area contributed by atoms with Crippen molar-refractivity contribution in [1.82, 2.24) is 0 Å². The van der Waals surface area contributed by atoms with E-state index < -0.39 is 6.10 Å². The van der Waals surface area contributed by atoms with E-state index in [1.54, 1.807) is 19.2 Å². The fourth-order valence-electron chi connectivity index (χ4n) is 2.11. The molecule has 0 N–H and O–H groups in total. The maximum Gasteiger partial charge on any atom is 0.196 e. The maximum absolute atomic E-state index is 12.5. The molecule has 110 valence electrons. The topological polar surface area (TPSA) is 35.5 Å². The van der Waals surface area contributed by atoms with Crippen LogP contribution in [-0.4, -0.2) is 19.5 Å². The molecule has 0 aliphatic carbocycles. The second-order valence-corrected chi connectivity index (χ2v) is 4.76. The normalized spacial score (nSPS) is 11.9. The number of carbonyl (C=O) groups is 1. The van der Waals surface area contributed by atoms with Gasteiger partial charge >= 0.3 is 0 Å². The van der Waals surface area contributed by atoms with Crippen LogP contribution in [-0.2, 0) is 4.74 Å². The van der Waals surface area contributed by atoms with E-state index in [9.17, 15) is 4.79 Å². The van der Waals surface area contributed by atoms with E-state index in [1.807, 2.05) is 42.5 Å². The van der Waals surface area contributed by atoms with E-state index in [1.165, 1.54) is 0 Å². The first kappa shape index (κ1) is 15.3. The minimum Gasteiger partial charge on any atom is -0.494 e. The van der Waals surface area contributed by atoms with Gasteiger partial charge in [-0.3, -0.25) is 4.79 Å². The summed E-state index contributed by atoms with van der Waals surface area (Å²) in [6.07, 6.45) is 0.383. The average Bonchev–Trinajstić information content (AvgIpc) is 2.55. The first-order valence-corrected chi connectivity index (χ1v) is 7.11. The van der Waals surface area contributed by atoms with Gasteiger partial charge in [0.2, 0.25) is 0 Å². The minimum absolute atomic E-state index is 0.0502. The van der Waals surface area contributed by atoms with Crippen molar-refractivity contribution in [3.05, 3.63) is 65.7 Å². The van der Waals surface area contributed by atoms with E-state index in [0.29, 0.717) is 12.2 Å². The van der Waals surface area contributed by atoms with Crippen LogP contribution in [0, 0.1) is 0 Å². The van der Waals surface area contributed by atoms with E-state index in [2.05, 4.69) is 6.92 Å². The Kier molecular flexibility index (Phi) is 5.52. The largest absolute Gasteiger partial charge is 0.494 e. The van der Waals surface area contributed by atoms with Gasteiger partial charge in [0.25, 0.3) is 0 Å². The molecule has 0 aromatic heterocycles. The fourth-order valence-corrected chi connectivity index (χ4v) is 2.11. The van der Waals surface area contributed by atoms with E-state index >= 15 is 0 Å². The molecule has 0 heterocycles. The molecule has 3 nitrogen and oxygen atoms in total. The minimum atomic E-state index is -0.575. The van der Waals surface area contributed by atoms with Crippen molar-refractivity contribution in [1.29, 1.82) is 0 Å². The lowest BCUT2D eigenvalue weighted by atomic mass is 10.00. The van der Waals surface area contributed by atoms with Crippen LogP contribution in [0.4, 0.5) is 0 Å². The first-order chi connectivity index (χ1) is 10.3. The molecule has 0 bridgehead atoms. The second-order valence-electron chi connectivity index (χ2n) is 4.76. The molecular formula is C18H20O3. The molecule has 1 unspecified atom stereocenters. The quantitative estimate of drug-likeness (QED) is 0.720. The molecular weight excluding hydrogens is 264 g/mol. The molecule has 0 aliphatic heterocycles. The summed E-state index contributed by atoms with van der Waals surface area (Å²) >= 11 is 0. The Morgan fingerprint density at radius 1 is 1.05 bits per heavy atom. The van der Waals surface area contributed by atoms with Crippen molar-refractivity contribution in [2.24, 2.45) is 0 Å². The second kappa shape index (κ2) is 7.60. The lowest BCUT2D eigenvalue weighted by Crippen LogP contribution is -2.14. The summed E-state index contributed by atoms with van der Waals surface area (Å²) in [6.45, 7) is 2.74. The number of carbonyl (C=O) groups excluding carboxylic acids is 1. The van der Waals surface area contributed by atoms with Gasteiger partial charge in [-0.25, -0.2) is 0 Å². The van der Waals surface area contributed by atoms with Gasteiger partial charge in [0, 0.05) is 12.7 Å². The number of benzene rings is 2. The molecule has 2 rings (SSSR count). The Morgan fingerprint density at radius 3 is 2.29 bits per heavy atom. The molecule has 0 radical (unpaired) electrons. The molecule has 2 aromatic rings. The Labute approximate surface area is 125 Å². The number of ether oxygens (including phenoxy) is 2. The number of rotatable bonds is 7. The Morgan fingerprint density at radius 2 is 1.71 bits per heavy atom. The summed E-state index contributed by atoms with van der Waals surface area (Å²) in [7, 11) is 1.55. The van der Waals surface area contributed by atoms with Gasteiger partial charge in [-0.1, -0.05) is 37.3 Å². The summed E-state index contributed by atoms with van der Waals surface area (Å²) in [5, 5.41) is 0. The van der Waals surface area contributed by atoms with Crippen molar-refractivity contribution in [3.63, 3.8) is 0 Å². The predicted molar refractivity (Wildman–Crippen MR) is 82.8 cm³/mol. The monoisotopic (exact) mass is 284 g/mol. The van der Waals surface area contributed by atoms with Crippen LogP contribution in [0.2, 0.25) is 0 Å². The summed E-state index contributed by atoms with van der Waals surface area (Å²) in [6, 6.07) is 16.7. The third kappa shape index (κ3) is 3.92. The number of hydrogen-bond donors (Lipinski definition) is 0. The Hall–Kier alpha value is -2.13. The van der Waals surface area contributed by atoms with E-state index in [0.717, 1.165) is 17.7 Å². The van der Waals surface area contributed by atoms with Gasteiger partial charge in [0.1, 0.15) is 11.9 Å². The number of methoxy groups -OCH3 is 1. The fraction of sp³-hybridized carbons (Fsp3) is 0.278. The maximum atomic E-state index is 12.5. The summed E-state index contributed by atoms with van der Waals surface area (Å²) < 4.78 is 10.9. The van der Waals surface area contributed by atoms with Crippen molar-refractivity contribution < 1.29 is 14.3 Å². The van der Waals surface area contributed by atoms with E-state index in [-0.39, 0.29) is 5.78 Å². The van der Waals surface area contributed by atoms with Crippen LogP contribution in [0.25, 0.3) is 0 Å². The lowest BCUT2D eigenvalue weighted by molar-refractivity contribution is 0.0604. The van der Waals surface area contributed by atoms with E-state index in [4.69, 9.17) is 9.47 Å². The summed E-state index contributed by atoms with van der Waals surface area (Å²) in [5.41, 5.74) is 1.48. The van der Waals surface area contributed by atoms with Crippen molar-refractivity contribution in [2.45, 2.75) is 19.4 Å². The molecule has 21 heavy (non-hydrogen) atoms. The molecule has 0 amide bonds. The highest BCUT2D eigenvalue weighted by molar-refractivity contribution is 6.00. The highest BCUT2D eigenvalue weighted by Crippen LogP contribution is 2.23. The molecule has 0 aliphatic rings. The molecule has 0 fully saturated rings. The van der Waals surface area contributed by atoms with Gasteiger partial charge < -0.3 is 9.47 Å². The number of ketones is 1. The van der Waals surface area contributed by atoms with Gasteiger partial charge in [-0.15, -0.1) is 0 Å². The molecule has 3 heteroatoms. The number of hydrogen-bond acceptors (Lipinski definition) is 3. The third-order valence-corrected chi connectivity index (χ3v) is 3.19. The van der Waals surface area contributed by atoms with Gasteiger partial charge in [-0.2, -0.15) is 0 Å². The van der Waals surface area contributed by atoms with Crippen molar-refractivity contribution in [3.8, 4) is 5.75 Å². The average molecular weight is 284 g/mol. The molecule has 2 aromatic carbocycles. The van der Waals surface area contributed by atoms with Crippen LogP contribution in [0.15, 0.2) is 54.6 Å². The third-order valence-electron chi connectivity index (χ3n) is 3.19. The van der Waals surface area contributed by atoms with Gasteiger partial charge in [0.05, 0.1) is 6.61 Å². The highest BCUT2D eigenvalue weighted by atomic mass is 16.5. The smallest absolute Gasteiger partial charge is 0.196 e. The highest BCUT2D eigenvalue weighted by Gasteiger charge is 2.21. The SMILES string of the molecule is CCCOc1ccc(C(=O)C(OC)c2ccccc2)cc1. The zero-order chi connectivity index (χ0) is 15.1. The first-order valence-electron chi connectivity index (χ1n) is 7.11. The van der Waals surface area contributed by atoms with Crippen LogP contribution >= 0.6 is 0 Å².